The number of hydrogen-bond acceptors (Lipinski definition) is 3. The van der Waals surface area contributed by atoms with E-state index in [4.69, 9.17) is 10.8 Å². The van der Waals surface area contributed by atoms with Crippen molar-refractivity contribution >= 4 is 11.9 Å². The minimum Gasteiger partial charge on any atom is -0.480 e. The maximum atomic E-state index is 12.0. The lowest BCUT2D eigenvalue weighted by atomic mass is 9.94. The summed E-state index contributed by atoms with van der Waals surface area (Å²) in [4.78, 5) is 24.0. The third-order valence-electron chi connectivity index (χ3n) is 3.07. The molecule has 0 fully saturated rings. The first-order valence-electron chi connectivity index (χ1n) is 6.85. The van der Waals surface area contributed by atoms with Crippen LogP contribution in [0.5, 0.6) is 0 Å². The number of aliphatic carboxylic acids is 1. The molecule has 0 aromatic carbocycles. The standard InChI is InChI=1S/C14H26N2O3/c1-3-5-12(8-9-15)6-7-13(17)16(10-4-2)11-14(18)19/h4,12H,2-3,5-11,15H2,1H3,(H,18,19). The zero-order chi connectivity index (χ0) is 14.7. The van der Waals surface area contributed by atoms with Gasteiger partial charge in [-0.1, -0.05) is 25.8 Å². The summed E-state index contributed by atoms with van der Waals surface area (Å²) in [6.45, 7) is 6.30. The van der Waals surface area contributed by atoms with Crippen molar-refractivity contribution in [2.24, 2.45) is 11.7 Å². The number of carbonyl (C=O) groups is 2. The highest BCUT2D eigenvalue weighted by Gasteiger charge is 2.17. The lowest BCUT2D eigenvalue weighted by Crippen LogP contribution is -2.35. The SMILES string of the molecule is C=CCN(CC(=O)O)C(=O)CCC(CCC)CCN. The summed E-state index contributed by atoms with van der Waals surface area (Å²) in [5, 5.41) is 8.76. The minimum absolute atomic E-state index is 0.125. The highest BCUT2D eigenvalue weighted by atomic mass is 16.4. The predicted molar refractivity (Wildman–Crippen MR) is 75.7 cm³/mol. The van der Waals surface area contributed by atoms with E-state index in [1.54, 1.807) is 6.08 Å². The highest BCUT2D eigenvalue weighted by molar-refractivity contribution is 5.81. The number of carbonyl (C=O) groups excluding carboxylic acids is 1. The van der Waals surface area contributed by atoms with E-state index in [-0.39, 0.29) is 19.0 Å². The van der Waals surface area contributed by atoms with Crippen LogP contribution in [0.25, 0.3) is 0 Å². The lowest BCUT2D eigenvalue weighted by molar-refractivity contribution is -0.144. The lowest BCUT2D eigenvalue weighted by Gasteiger charge is -2.21. The summed E-state index contributed by atoms with van der Waals surface area (Å²) in [6.07, 6.45) is 5.75. The first kappa shape index (κ1) is 17.6. The molecule has 0 spiro atoms. The number of carboxylic acids is 1. The van der Waals surface area contributed by atoms with Gasteiger partial charge in [0.1, 0.15) is 6.54 Å². The molecular weight excluding hydrogens is 244 g/mol. The van der Waals surface area contributed by atoms with Crippen molar-refractivity contribution < 1.29 is 14.7 Å². The molecule has 0 radical (unpaired) electrons. The van der Waals surface area contributed by atoms with Gasteiger partial charge in [0, 0.05) is 13.0 Å². The molecule has 0 aliphatic carbocycles. The third-order valence-corrected chi connectivity index (χ3v) is 3.07. The molecule has 0 aliphatic rings. The van der Waals surface area contributed by atoms with Crippen LogP contribution in [-0.2, 0) is 9.59 Å². The fraction of sp³-hybridized carbons (Fsp3) is 0.714. The monoisotopic (exact) mass is 270 g/mol. The Labute approximate surface area is 115 Å². The molecule has 19 heavy (non-hydrogen) atoms. The van der Waals surface area contributed by atoms with Crippen LogP contribution in [0.4, 0.5) is 0 Å². The third kappa shape index (κ3) is 8.37. The number of carboxylic acid groups (broad SMARTS) is 1. The first-order valence-corrected chi connectivity index (χ1v) is 6.85. The van der Waals surface area contributed by atoms with Gasteiger partial charge in [0.05, 0.1) is 0 Å². The van der Waals surface area contributed by atoms with Gasteiger partial charge in [-0.05, 0) is 25.3 Å². The second kappa shape index (κ2) is 10.6. The van der Waals surface area contributed by atoms with Gasteiger partial charge in [0.2, 0.25) is 5.91 Å². The number of amides is 1. The zero-order valence-electron chi connectivity index (χ0n) is 11.8. The van der Waals surface area contributed by atoms with Gasteiger partial charge in [-0.2, -0.15) is 0 Å². The van der Waals surface area contributed by atoms with Crippen LogP contribution in [0.3, 0.4) is 0 Å². The van der Waals surface area contributed by atoms with E-state index in [0.717, 1.165) is 25.7 Å². The Kier molecular flexibility index (Phi) is 9.80. The number of nitrogens with two attached hydrogens (primary N) is 1. The Morgan fingerprint density at radius 2 is 2.05 bits per heavy atom. The predicted octanol–water partition coefficient (Wildman–Crippen LogP) is 1.63. The number of rotatable bonds is 11. The maximum Gasteiger partial charge on any atom is 0.323 e. The van der Waals surface area contributed by atoms with Crippen LogP contribution in [0.1, 0.15) is 39.0 Å². The van der Waals surface area contributed by atoms with Gasteiger partial charge in [-0.3, -0.25) is 9.59 Å². The number of hydrogen-bond donors (Lipinski definition) is 2. The second-order valence-electron chi connectivity index (χ2n) is 4.73. The van der Waals surface area contributed by atoms with Crippen molar-refractivity contribution in [2.75, 3.05) is 19.6 Å². The van der Waals surface area contributed by atoms with E-state index < -0.39 is 5.97 Å². The van der Waals surface area contributed by atoms with Gasteiger partial charge in [0.25, 0.3) is 0 Å². The van der Waals surface area contributed by atoms with Crippen LogP contribution in [-0.4, -0.2) is 41.5 Å². The van der Waals surface area contributed by atoms with Gasteiger partial charge < -0.3 is 15.7 Å². The molecular formula is C14H26N2O3. The van der Waals surface area contributed by atoms with E-state index in [1.165, 1.54) is 4.90 Å². The van der Waals surface area contributed by atoms with Crippen LogP contribution >= 0.6 is 0 Å². The number of nitrogens with zero attached hydrogens (tertiary/aromatic N) is 1. The smallest absolute Gasteiger partial charge is 0.323 e. The molecule has 110 valence electrons. The first-order chi connectivity index (χ1) is 9.04. The van der Waals surface area contributed by atoms with Crippen LogP contribution in [0.15, 0.2) is 12.7 Å². The Morgan fingerprint density at radius 3 is 2.53 bits per heavy atom. The zero-order valence-corrected chi connectivity index (χ0v) is 11.8. The minimum atomic E-state index is -0.998. The normalized spacial score (nSPS) is 11.9. The molecule has 0 aromatic rings. The molecule has 0 bridgehead atoms. The summed E-state index contributed by atoms with van der Waals surface area (Å²) in [5.41, 5.74) is 5.55. The maximum absolute atomic E-state index is 12.0. The van der Waals surface area contributed by atoms with Gasteiger partial charge in [-0.25, -0.2) is 0 Å². The molecule has 5 nitrogen and oxygen atoms in total. The fourth-order valence-electron chi connectivity index (χ4n) is 2.14. The molecule has 0 aromatic heterocycles. The topological polar surface area (TPSA) is 83.6 Å². The van der Waals surface area contributed by atoms with Crippen LogP contribution in [0, 0.1) is 5.92 Å². The quantitative estimate of drug-likeness (QED) is 0.559. The summed E-state index contributed by atoms with van der Waals surface area (Å²) in [5.74, 6) is -0.669. The highest BCUT2D eigenvalue weighted by Crippen LogP contribution is 2.17. The Hall–Kier alpha value is -1.36. The average Bonchev–Trinajstić information content (AvgIpc) is 2.35. The van der Waals surface area contributed by atoms with Crippen LogP contribution < -0.4 is 5.73 Å². The summed E-state index contributed by atoms with van der Waals surface area (Å²) >= 11 is 0. The van der Waals surface area contributed by atoms with Crippen LogP contribution in [0.2, 0.25) is 0 Å². The fourth-order valence-corrected chi connectivity index (χ4v) is 2.14. The largest absolute Gasteiger partial charge is 0.480 e. The molecule has 1 amide bonds. The van der Waals surface area contributed by atoms with E-state index in [9.17, 15) is 9.59 Å². The van der Waals surface area contributed by atoms with E-state index in [1.807, 2.05) is 0 Å². The van der Waals surface area contributed by atoms with Gasteiger partial charge in [-0.15, -0.1) is 6.58 Å². The molecule has 0 heterocycles. The molecule has 3 N–H and O–H groups in total. The Bertz CT molecular complexity index is 286. The van der Waals surface area contributed by atoms with Crippen molar-refractivity contribution in [1.82, 2.24) is 4.90 Å². The molecule has 0 saturated heterocycles. The summed E-state index contributed by atoms with van der Waals surface area (Å²) in [6, 6.07) is 0. The molecule has 1 atom stereocenters. The van der Waals surface area contributed by atoms with Crippen molar-refractivity contribution in [2.45, 2.75) is 39.0 Å². The Balaban J connectivity index is 4.28. The Morgan fingerprint density at radius 1 is 1.37 bits per heavy atom. The molecule has 1 unspecified atom stereocenters. The van der Waals surface area contributed by atoms with Crippen molar-refractivity contribution in [1.29, 1.82) is 0 Å². The molecule has 5 heteroatoms. The second-order valence-corrected chi connectivity index (χ2v) is 4.73. The molecule has 0 saturated carbocycles. The van der Waals surface area contributed by atoms with E-state index >= 15 is 0 Å². The van der Waals surface area contributed by atoms with Crippen molar-refractivity contribution in [3.8, 4) is 0 Å². The van der Waals surface area contributed by atoms with Crippen molar-refractivity contribution in [3.63, 3.8) is 0 Å². The van der Waals surface area contributed by atoms with Gasteiger partial charge >= 0.3 is 5.97 Å². The van der Waals surface area contributed by atoms with E-state index in [2.05, 4.69) is 13.5 Å². The van der Waals surface area contributed by atoms with Crippen molar-refractivity contribution in [3.05, 3.63) is 12.7 Å². The molecule has 0 aliphatic heterocycles. The van der Waals surface area contributed by atoms with Gasteiger partial charge in [0.15, 0.2) is 0 Å². The van der Waals surface area contributed by atoms with E-state index in [0.29, 0.717) is 18.9 Å². The summed E-state index contributed by atoms with van der Waals surface area (Å²) in [7, 11) is 0. The molecule has 0 rings (SSSR count). The average molecular weight is 270 g/mol. The summed E-state index contributed by atoms with van der Waals surface area (Å²) < 4.78 is 0.